The Balaban J connectivity index is 1.79. The molecule has 8 nitrogen and oxygen atoms in total. The van der Waals surface area contributed by atoms with Gasteiger partial charge in [-0.3, -0.25) is 14.9 Å². The van der Waals surface area contributed by atoms with Crippen LogP contribution < -0.4 is 16.0 Å². The number of thiazole rings is 1. The molecule has 0 aliphatic rings. The molecule has 0 radical (unpaired) electrons. The summed E-state index contributed by atoms with van der Waals surface area (Å²) >= 11 is 1.25. The maximum atomic E-state index is 12.9. The third-order valence-corrected chi connectivity index (χ3v) is 5.32. The van der Waals surface area contributed by atoms with Gasteiger partial charge in [0.15, 0.2) is 5.13 Å². The Labute approximate surface area is 190 Å². The van der Waals surface area contributed by atoms with Crippen LogP contribution in [-0.4, -0.2) is 28.5 Å². The van der Waals surface area contributed by atoms with Gasteiger partial charge >= 0.3 is 6.09 Å². The standard InChI is InChI=1S/C23H26N4O4S/c1-12-9-13(2)18(11-17(12)24-14(3)28)25-20(29)15-7-8-16-19(10-15)32-21(26-16)27-22(30)31-23(4,5)6/h7-11H,1-6H3,(H,24,28)(H,25,29)(H,26,27,30). The van der Waals surface area contributed by atoms with E-state index in [1.807, 2.05) is 19.9 Å². The second kappa shape index (κ2) is 8.96. The molecule has 0 spiro atoms. The van der Waals surface area contributed by atoms with Gasteiger partial charge in [-0.1, -0.05) is 17.4 Å². The Kier molecular flexibility index (Phi) is 6.50. The van der Waals surface area contributed by atoms with Gasteiger partial charge in [0.05, 0.1) is 10.2 Å². The number of nitrogens with one attached hydrogen (secondary N) is 3. The third-order valence-electron chi connectivity index (χ3n) is 4.39. The highest BCUT2D eigenvalue weighted by molar-refractivity contribution is 7.22. The largest absolute Gasteiger partial charge is 0.444 e. The summed E-state index contributed by atoms with van der Waals surface area (Å²) in [5.41, 5.74) is 3.55. The molecule has 1 aromatic heterocycles. The maximum absolute atomic E-state index is 12.9. The zero-order chi connectivity index (χ0) is 23.6. The summed E-state index contributed by atoms with van der Waals surface area (Å²) in [4.78, 5) is 40.6. The number of hydrogen-bond donors (Lipinski definition) is 3. The van der Waals surface area contributed by atoms with Crippen LogP contribution in [-0.2, 0) is 9.53 Å². The quantitative estimate of drug-likeness (QED) is 0.484. The second-order valence-corrected chi connectivity index (χ2v) is 9.48. The van der Waals surface area contributed by atoms with Crippen LogP contribution in [0.25, 0.3) is 10.2 Å². The third kappa shape index (κ3) is 5.82. The Bertz CT molecular complexity index is 1210. The van der Waals surface area contributed by atoms with Crippen LogP contribution in [0.2, 0.25) is 0 Å². The van der Waals surface area contributed by atoms with E-state index in [9.17, 15) is 14.4 Å². The van der Waals surface area contributed by atoms with Gasteiger partial charge < -0.3 is 15.4 Å². The van der Waals surface area contributed by atoms with Crippen molar-refractivity contribution in [3.63, 3.8) is 0 Å². The van der Waals surface area contributed by atoms with Crippen molar-refractivity contribution in [1.29, 1.82) is 0 Å². The minimum Gasteiger partial charge on any atom is -0.444 e. The van der Waals surface area contributed by atoms with E-state index in [0.29, 0.717) is 27.6 Å². The fourth-order valence-corrected chi connectivity index (χ4v) is 3.91. The van der Waals surface area contributed by atoms with Gasteiger partial charge in [0, 0.05) is 23.9 Å². The summed E-state index contributed by atoms with van der Waals surface area (Å²) in [6.07, 6.45) is -0.584. The zero-order valence-electron chi connectivity index (χ0n) is 18.9. The Morgan fingerprint density at radius 1 is 0.938 bits per heavy atom. The van der Waals surface area contributed by atoms with Crippen LogP contribution in [0.3, 0.4) is 0 Å². The van der Waals surface area contributed by atoms with Crippen molar-refractivity contribution in [1.82, 2.24) is 4.98 Å². The fraction of sp³-hybridized carbons (Fsp3) is 0.304. The van der Waals surface area contributed by atoms with Crippen LogP contribution >= 0.6 is 11.3 Å². The molecular weight excluding hydrogens is 428 g/mol. The van der Waals surface area contributed by atoms with Gasteiger partial charge in [-0.15, -0.1) is 0 Å². The average Bonchev–Trinajstić information content (AvgIpc) is 3.04. The molecule has 32 heavy (non-hydrogen) atoms. The average molecular weight is 455 g/mol. The first-order chi connectivity index (χ1) is 14.9. The molecular formula is C23H26N4O4S. The first kappa shape index (κ1) is 23.2. The van der Waals surface area contributed by atoms with Crippen LogP contribution in [0.5, 0.6) is 0 Å². The molecule has 3 amide bonds. The van der Waals surface area contributed by atoms with E-state index in [1.165, 1.54) is 18.3 Å². The van der Waals surface area contributed by atoms with Crippen molar-refractivity contribution in [2.45, 2.75) is 47.1 Å². The number of anilines is 3. The molecule has 2 aromatic carbocycles. The van der Waals surface area contributed by atoms with Crippen LogP contribution in [0, 0.1) is 13.8 Å². The lowest BCUT2D eigenvalue weighted by atomic mass is 10.1. The molecule has 0 saturated carbocycles. The van der Waals surface area contributed by atoms with Gasteiger partial charge in [0.25, 0.3) is 5.91 Å². The predicted octanol–water partition coefficient (Wildman–Crippen LogP) is 5.47. The zero-order valence-corrected chi connectivity index (χ0v) is 19.7. The summed E-state index contributed by atoms with van der Waals surface area (Å²) in [6, 6.07) is 8.78. The fourth-order valence-electron chi connectivity index (χ4n) is 3.02. The van der Waals surface area contributed by atoms with Crippen LogP contribution in [0.1, 0.15) is 49.2 Å². The van der Waals surface area contributed by atoms with E-state index >= 15 is 0 Å². The number of amides is 3. The van der Waals surface area contributed by atoms with Crippen LogP contribution in [0.15, 0.2) is 30.3 Å². The molecule has 168 valence electrons. The summed E-state index contributed by atoms with van der Waals surface area (Å²) in [7, 11) is 0. The molecule has 0 aliphatic carbocycles. The number of ether oxygens (including phenoxy) is 1. The smallest absolute Gasteiger partial charge is 0.413 e. The van der Waals surface area contributed by atoms with Gasteiger partial charge in [-0.05, 0) is 70.0 Å². The number of fused-ring (bicyclic) bond motifs is 1. The molecule has 3 rings (SSSR count). The van der Waals surface area contributed by atoms with Gasteiger partial charge in [0.1, 0.15) is 5.60 Å². The summed E-state index contributed by atoms with van der Waals surface area (Å²) < 4.78 is 6.00. The molecule has 9 heteroatoms. The second-order valence-electron chi connectivity index (χ2n) is 8.45. The van der Waals surface area contributed by atoms with Gasteiger partial charge in [-0.2, -0.15) is 0 Å². The van der Waals surface area contributed by atoms with Crippen molar-refractivity contribution in [3.05, 3.63) is 47.0 Å². The molecule has 0 saturated heterocycles. The highest BCUT2D eigenvalue weighted by Gasteiger charge is 2.18. The summed E-state index contributed by atoms with van der Waals surface area (Å²) in [6.45, 7) is 10.6. The predicted molar refractivity (Wildman–Crippen MR) is 128 cm³/mol. The highest BCUT2D eigenvalue weighted by atomic mass is 32.1. The number of carbonyl (C=O) groups excluding carboxylic acids is 3. The van der Waals surface area contributed by atoms with Crippen molar-refractivity contribution in [2.24, 2.45) is 0 Å². The summed E-state index contributed by atoms with van der Waals surface area (Å²) in [5, 5.41) is 8.68. The monoisotopic (exact) mass is 454 g/mol. The van der Waals surface area contributed by atoms with E-state index in [1.54, 1.807) is 45.0 Å². The molecule has 3 aromatic rings. The van der Waals surface area contributed by atoms with E-state index < -0.39 is 11.7 Å². The number of benzene rings is 2. The molecule has 0 fully saturated rings. The minimum atomic E-state index is -0.611. The summed E-state index contributed by atoms with van der Waals surface area (Å²) in [5.74, 6) is -0.469. The number of carbonyl (C=O) groups is 3. The molecule has 0 unspecified atom stereocenters. The Morgan fingerprint density at radius 3 is 2.22 bits per heavy atom. The minimum absolute atomic E-state index is 0.180. The molecule has 1 heterocycles. The lowest BCUT2D eigenvalue weighted by Crippen LogP contribution is -2.27. The number of nitrogens with zero attached hydrogens (tertiary/aromatic N) is 1. The maximum Gasteiger partial charge on any atom is 0.413 e. The number of hydrogen-bond acceptors (Lipinski definition) is 6. The lowest BCUT2D eigenvalue weighted by molar-refractivity contribution is -0.114. The van der Waals surface area contributed by atoms with Crippen molar-refractivity contribution < 1.29 is 19.1 Å². The number of aromatic nitrogens is 1. The molecule has 3 N–H and O–H groups in total. The first-order valence-corrected chi connectivity index (χ1v) is 10.8. The highest BCUT2D eigenvalue weighted by Crippen LogP contribution is 2.29. The van der Waals surface area contributed by atoms with E-state index in [2.05, 4.69) is 20.9 Å². The van der Waals surface area contributed by atoms with Gasteiger partial charge in [-0.25, -0.2) is 9.78 Å². The van der Waals surface area contributed by atoms with Crippen molar-refractivity contribution in [2.75, 3.05) is 16.0 Å². The number of aryl methyl sites for hydroxylation is 2. The van der Waals surface area contributed by atoms with E-state index in [-0.39, 0.29) is 11.8 Å². The molecule has 0 aliphatic heterocycles. The first-order valence-electron chi connectivity index (χ1n) is 10.0. The molecule has 0 atom stereocenters. The Hall–Kier alpha value is -3.46. The van der Waals surface area contributed by atoms with Crippen LogP contribution in [0.4, 0.5) is 21.3 Å². The number of rotatable bonds is 4. The Morgan fingerprint density at radius 2 is 1.59 bits per heavy atom. The topological polar surface area (TPSA) is 109 Å². The van der Waals surface area contributed by atoms with E-state index in [4.69, 9.17) is 4.74 Å². The van der Waals surface area contributed by atoms with Gasteiger partial charge in [0.2, 0.25) is 5.91 Å². The SMILES string of the molecule is CC(=O)Nc1cc(NC(=O)c2ccc3nc(NC(=O)OC(C)(C)C)sc3c2)c(C)cc1C. The lowest BCUT2D eigenvalue weighted by Gasteiger charge is -2.18. The molecule has 0 bridgehead atoms. The normalized spacial score (nSPS) is 11.2. The van der Waals surface area contributed by atoms with E-state index in [0.717, 1.165) is 15.8 Å². The van der Waals surface area contributed by atoms with Crippen molar-refractivity contribution in [3.8, 4) is 0 Å². The van der Waals surface area contributed by atoms with Crippen molar-refractivity contribution >= 4 is 56.0 Å².